The molecule has 8 heteroatoms. The van der Waals surface area contributed by atoms with E-state index in [0.29, 0.717) is 18.8 Å². The van der Waals surface area contributed by atoms with Crippen molar-refractivity contribution >= 4 is 27.3 Å². The van der Waals surface area contributed by atoms with Crippen molar-refractivity contribution in [2.75, 3.05) is 30.3 Å². The molecule has 0 aliphatic carbocycles. The number of nitrogens with one attached hydrogen (secondary N) is 2. The molecule has 1 fully saturated rings. The van der Waals surface area contributed by atoms with Crippen LogP contribution in [0.15, 0.2) is 53.4 Å². The average molecular weight is 418 g/mol. The molecule has 0 spiro atoms. The molecule has 156 valence electrons. The summed E-state index contributed by atoms with van der Waals surface area (Å²) < 4.78 is 32.8. The number of carbonyl (C=O) groups excluding carboxylic acids is 1. The summed E-state index contributed by atoms with van der Waals surface area (Å²) in [5, 5.41) is 5.84. The third kappa shape index (κ3) is 5.56. The Morgan fingerprint density at radius 3 is 2.34 bits per heavy atom. The van der Waals surface area contributed by atoms with Crippen LogP contribution in [0.1, 0.15) is 19.4 Å². The molecule has 0 aromatic heterocycles. The van der Waals surface area contributed by atoms with Crippen LogP contribution in [0.3, 0.4) is 0 Å². The minimum Gasteiger partial charge on any atom is -0.376 e. The van der Waals surface area contributed by atoms with E-state index in [9.17, 15) is 13.2 Å². The molecule has 7 nitrogen and oxygen atoms in total. The Bertz CT molecular complexity index is 950. The van der Waals surface area contributed by atoms with E-state index in [1.807, 2.05) is 45.0 Å². The van der Waals surface area contributed by atoms with Gasteiger partial charge >= 0.3 is 0 Å². The molecule has 0 saturated carbocycles. The van der Waals surface area contributed by atoms with Crippen LogP contribution in [0.25, 0.3) is 0 Å². The monoisotopic (exact) mass is 417 g/mol. The summed E-state index contributed by atoms with van der Waals surface area (Å²) in [5.74, 6) is -0.210. The van der Waals surface area contributed by atoms with Crippen LogP contribution in [0.4, 0.5) is 11.4 Å². The number of amides is 1. The number of nitrogens with zero attached hydrogens (tertiary/aromatic N) is 1. The number of benzene rings is 2. The normalized spacial score (nSPS) is 20.2. The summed E-state index contributed by atoms with van der Waals surface area (Å²) in [7, 11) is -3.60. The first kappa shape index (κ1) is 21.3. The summed E-state index contributed by atoms with van der Waals surface area (Å²) in [5.41, 5.74) is 2.52. The Labute approximate surface area is 172 Å². The fourth-order valence-corrected chi connectivity index (χ4v) is 4.92. The van der Waals surface area contributed by atoms with Crippen LogP contribution in [0, 0.1) is 6.92 Å². The zero-order valence-corrected chi connectivity index (χ0v) is 17.7. The van der Waals surface area contributed by atoms with Crippen molar-refractivity contribution in [2.45, 2.75) is 37.9 Å². The molecular weight excluding hydrogens is 390 g/mol. The summed E-state index contributed by atoms with van der Waals surface area (Å²) in [6.07, 6.45) is -0.291. The molecule has 0 unspecified atom stereocenters. The second kappa shape index (κ2) is 8.94. The van der Waals surface area contributed by atoms with E-state index < -0.39 is 10.0 Å². The lowest BCUT2D eigenvalue weighted by Crippen LogP contribution is -2.48. The highest BCUT2D eigenvalue weighted by molar-refractivity contribution is 7.89. The minimum absolute atomic E-state index is 0.118. The number of morpholine rings is 1. The molecule has 2 atom stereocenters. The molecule has 1 amide bonds. The van der Waals surface area contributed by atoms with E-state index in [2.05, 4.69) is 10.6 Å². The second-order valence-corrected chi connectivity index (χ2v) is 9.31. The van der Waals surface area contributed by atoms with Gasteiger partial charge in [0.15, 0.2) is 0 Å². The lowest BCUT2D eigenvalue weighted by Gasteiger charge is -2.34. The lowest BCUT2D eigenvalue weighted by molar-refractivity contribution is -0.114. The third-order valence-electron chi connectivity index (χ3n) is 4.63. The average Bonchev–Trinajstić information content (AvgIpc) is 2.66. The molecule has 29 heavy (non-hydrogen) atoms. The van der Waals surface area contributed by atoms with Gasteiger partial charge < -0.3 is 15.4 Å². The highest BCUT2D eigenvalue weighted by atomic mass is 32.2. The molecule has 1 aliphatic heterocycles. The maximum Gasteiger partial charge on any atom is 0.243 e. The van der Waals surface area contributed by atoms with E-state index in [-0.39, 0.29) is 29.6 Å². The molecule has 0 radical (unpaired) electrons. The first-order valence-corrected chi connectivity index (χ1v) is 11.0. The van der Waals surface area contributed by atoms with Gasteiger partial charge in [-0.3, -0.25) is 4.79 Å². The predicted octanol–water partition coefficient (Wildman–Crippen LogP) is 2.84. The fraction of sp³-hybridized carbons (Fsp3) is 0.381. The summed E-state index contributed by atoms with van der Waals surface area (Å²) >= 11 is 0. The van der Waals surface area contributed by atoms with Gasteiger partial charge in [0.25, 0.3) is 0 Å². The molecule has 1 saturated heterocycles. The van der Waals surface area contributed by atoms with Gasteiger partial charge in [-0.15, -0.1) is 0 Å². The van der Waals surface area contributed by atoms with Gasteiger partial charge in [-0.2, -0.15) is 4.31 Å². The smallest absolute Gasteiger partial charge is 0.243 e. The van der Waals surface area contributed by atoms with Crippen LogP contribution < -0.4 is 10.6 Å². The number of carbonyl (C=O) groups is 1. The van der Waals surface area contributed by atoms with Gasteiger partial charge in [-0.1, -0.05) is 12.1 Å². The number of sulfonamides is 1. The van der Waals surface area contributed by atoms with Crippen molar-refractivity contribution in [3.63, 3.8) is 0 Å². The number of aryl methyl sites for hydroxylation is 1. The maximum absolute atomic E-state index is 12.9. The molecule has 1 heterocycles. The zero-order chi connectivity index (χ0) is 21.0. The fourth-order valence-electron chi connectivity index (χ4n) is 3.33. The Morgan fingerprint density at radius 1 is 1.07 bits per heavy atom. The summed E-state index contributed by atoms with van der Waals surface area (Å²) in [4.78, 5) is 12.4. The molecule has 2 N–H and O–H groups in total. The van der Waals surface area contributed by atoms with Gasteiger partial charge in [0.05, 0.1) is 23.6 Å². The Balaban J connectivity index is 1.60. The quantitative estimate of drug-likeness (QED) is 0.755. The van der Waals surface area contributed by atoms with Crippen molar-refractivity contribution in [3.8, 4) is 0 Å². The van der Waals surface area contributed by atoms with Crippen LogP contribution in [-0.2, 0) is 19.6 Å². The highest BCUT2D eigenvalue weighted by Gasteiger charge is 2.32. The van der Waals surface area contributed by atoms with E-state index in [1.165, 1.54) is 16.4 Å². The van der Waals surface area contributed by atoms with Crippen molar-refractivity contribution in [1.29, 1.82) is 0 Å². The predicted molar refractivity (Wildman–Crippen MR) is 114 cm³/mol. The number of hydrogen-bond acceptors (Lipinski definition) is 5. The van der Waals surface area contributed by atoms with Crippen molar-refractivity contribution in [2.24, 2.45) is 0 Å². The van der Waals surface area contributed by atoms with Gasteiger partial charge in [-0.25, -0.2) is 8.42 Å². The SMILES string of the molecule is Cc1cccc(NCC(=O)Nc2ccc(S(=O)(=O)N3C[C@@H](C)O[C@H](C)C3)cc2)c1. The number of rotatable bonds is 6. The van der Waals surface area contributed by atoms with E-state index >= 15 is 0 Å². The Morgan fingerprint density at radius 2 is 1.72 bits per heavy atom. The van der Waals surface area contributed by atoms with Crippen LogP contribution in [0.5, 0.6) is 0 Å². The van der Waals surface area contributed by atoms with Gasteiger partial charge in [-0.05, 0) is 62.7 Å². The first-order valence-electron chi connectivity index (χ1n) is 9.60. The van der Waals surface area contributed by atoms with Gasteiger partial charge in [0.1, 0.15) is 0 Å². The maximum atomic E-state index is 12.9. The van der Waals surface area contributed by atoms with Gasteiger partial charge in [0.2, 0.25) is 15.9 Å². The Hall–Kier alpha value is -2.42. The largest absolute Gasteiger partial charge is 0.376 e. The third-order valence-corrected chi connectivity index (χ3v) is 6.48. The van der Waals surface area contributed by atoms with Crippen LogP contribution in [0.2, 0.25) is 0 Å². The molecular formula is C21H27N3O4S. The lowest BCUT2D eigenvalue weighted by atomic mass is 10.2. The van der Waals surface area contributed by atoms with Crippen molar-refractivity contribution in [1.82, 2.24) is 4.31 Å². The van der Waals surface area contributed by atoms with Crippen LogP contribution >= 0.6 is 0 Å². The standard InChI is InChI=1S/C21H27N3O4S/c1-15-5-4-6-19(11-15)22-12-21(25)23-18-7-9-20(10-8-18)29(26,27)24-13-16(2)28-17(3)14-24/h4-11,16-17,22H,12-14H2,1-3H3,(H,23,25)/t16-,17-/m1/s1. The minimum atomic E-state index is -3.60. The van der Waals surface area contributed by atoms with Crippen molar-refractivity contribution in [3.05, 3.63) is 54.1 Å². The zero-order valence-electron chi connectivity index (χ0n) is 16.9. The van der Waals surface area contributed by atoms with E-state index in [4.69, 9.17) is 4.74 Å². The van der Waals surface area contributed by atoms with E-state index in [0.717, 1.165) is 11.3 Å². The van der Waals surface area contributed by atoms with Crippen molar-refractivity contribution < 1.29 is 17.9 Å². The molecule has 3 rings (SSSR count). The number of anilines is 2. The molecule has 1 aliphatic rings. The Kier molecular flexibility index (Phi) is 6.56. The number of ether oxygens (including phenoxy) is 1. The number of hydrogen-bond donors (Lipinski definition) is 2. The van der Waals surface area contributed by atoms with Crippen LogP contribution in [-0.4, -0.2) is 50.5 Å². The highest BCUT2D eigenvalue weighted by Crippen LogP contribution is 2.22. The van der Waals surface area contributed by atoms with Gasteiger partial charge in [0, 0.05) is 24.5 Å². The molecule has 0 bridgehead atoms. The van der Waals surface area contributed by atoms with E-state index in [1.54, 1.807) is 12.1 Å². The molecule has 2 aromatic rings. The molecule has 2 aromatic carbocycles. The summed E-state index contributed by atoms with van der Waals surface area (Å²) in [6.45, 7) is 6.49. The first-order chi connectivity index (χ1) is 13.7. The second-order valence-electron chi connectivity index (χ2n) is 7.37. The summed E-state index contributed by atoms with van der Waals surface area (Å²) in [6, 6.07) is 14.0. The topological polar surface area (TPSA) is 87.7 Å².